The van der Waals surface area contributed by atoms with Gasteiger partial charge in [-0.3, -0.25) is 0 Å². The highest BCUT2D eigenvalue weighted by Crippen LogP contribution is 2.42. The molecule has 1 heterocycles. The third-order valence-electron chi connectivity index (χ3n) is 5.10. The van der Waals surface area contributed by atoms with E-state index in [1.807, 2.05) is 0 Å². The first-order valence-corrected chi connectivity index (χ1v) is 8.84. The first-order chi connectivity index (χ1) is 10.2. The van der Waals surface area contributed by atoms with Crippen LogP contribution >= 0.6 is 15.9 Å². The van der Waals surface area contributed by atoms with Gasteiger partial charge in [0.15, 0.2) is 5.82 Å². The molecule has 0 unspecified atom stereocenters. The molecule has 21 heavy (non-hydrogen) atoms. The number of rotatable bonds is 3. The Balaban J connectivity index is 2.01. The molecule has 2 fully saturated rings. The first kappa shape index (κ1) is 15.2. The molecule has 2 N–H and O–H groups in total. The van der Waals surface area contributed by atoms with Crippen molar-refractivity contribution >= 4 is 21.7 Å². The number of anilines is 1. The summed E-state index contributed by atoms with van der Waals surface area (Å²) in [7, 11) is 1.78. The molecular formula is C16H24BrN3O. The lowest BCUT2D eigenvalue weighted by Gasteiger charge is -2.35. The summed E-state index contributed by atoms with van der Waals surface area (Å²) in [6.45, 7) is 0. The van der Waals surface area contributed by atoms with Crippen LogP contribution in [0.15, 0.2) is 4.47 Å². The molecule has 4 nitrogen and oxygen atoms in total. The van der Waals surface area contributed by atoms with E-state index in [1.165, 1.54) is 44.9 Å². The molecule has 1 aromatic rings. The van der Waals surface area contributed by atoms with Crippen molar-refractivity contribution in [3.05, 3.63) is 16.0 Å². The molecule has 116 valence electrons. The van der Waals surface area contributed by atoms with Crippen LogP contribution in [0.4, 0.5) is 5.82 Å². The van der Waals surface area contributed by atoms with Crippen molar-refractivity contribution in [1.29, 1.82) is 0 Å². The molecule has 0 radical (unpaired) electrons. The van der Waals surface area contributed by atoms with Gasteiger partial charge in [0.05, 0.1) is 10.2 Å². The monoisotopic (exact) mass is 353 g/mol. The lowest BCUT2D eigenvalue weighted by atomic mass is 9.83. The number of aromatic nitrogens is 2. The van der Waals surface area contributed by atoms with Crippen LogP contribution in [0.1, 0.15) is 75.2 Å². The van der Waals surface area contributed by atoms with E-state index in [-0.39, 0.29) is 5.60 Å². The summed E-state index contributed by atoms with van der Waals surface area (Å²) >= 11 is 3.60. The van der Waals surface area contributed by atoms with Crippen LogP contribution in [0.5, 0.6) is 0 Å². The van der Waals surface area contributed by atoms with Crippen LogP contribution in [-0.4, -0.2) is 17.1 Å². The Morgan fingerprint density at radius 2 is 1.76 bits per heavy atom. The molecule has 1 aromatic heterocycles. The van der Waals surface area contributed by atoms with Gasteiger partial charge < -0.3 is 10.5 Å². The van der Waals surface area contributed by atoms with Gasteiger partial charge in [0.25, 0.3) is 0 Å². The summed E-state index contributed by atoms with van der Waals surface area (Å²) in [5.41, 5.74) is 6.92. The maximum Gasteiger partial charge on any atom is 0.162 e. The molecule has 2 aliphatic carbocycles. The maximum absolute atomic E-state index is 6.16. The third-order valence-corrected chi connectivity index (χ3v) is 5.92. The molecule has 0 aromatic carbocycles. The average Bonchev–Trinajstić information content (AvgIpc) is 3.04. The van der Waals surface area contributed by atoms with Crippen LogP contribution in [0.3, 0.4) is 0 Å². The second kappa shape index (κ2) is 6.21. The molecule has 0 bridgehead atoms. The number of hydrogen-bond acceptors (Lipinski definition) is 4. The Morgan fingerprint density at radius 3 is 2.38 bits per heavy atom. The zero-order valence-corrected chi connectivity index (χ0v) is 14.3. The van der Waals surface area contributed by atoms with Gasteiger partial charge in [-0.15, -0.1) is 0 Å². The van der Waals surface area contributed by atoms with Gasteiger partial charge in [0.1, 0.15) is 11.4 Å². The van der Waals surface area contributed by atoms with Gasteiger partial charge in [0, 0.05) is 13.0 Å². The molecule has 2 aliphatic rings. The standard InChI is InChI=1S/C16H24BrN3O/c1-21-16(9-5-2-6-10-16)15-19-13(11-7-3-4-8-11)12(17)14(18)20-15/h11H,2-10H2,1H3,(H2,18,19,20). The maximum atomic E-state index is 6.16. The molecule has 0 spiro atoms. The van der Waals surface area contributed by atoms with E-state index >= 15 is 0 Å². The fourth-order valence-electron chi connectivity index (χ4n) is 3.80. The van der Waals surface area contributed by atoms with Crippen LogP contribution in [0.25, 0.3) is 0 Å². The van der Waals surface area contributed by atoms with Gasteiger partial charge in [-0.05, 0) is 41.6 Å². The Kier molecular flexibility index (Phi) is 4.50. The molecule has 0 aliphatic heterocycles. The van der Waals surface area contributed by atoms with Crippen molar-refractivity contribution in [1.82, 2.24) is 9.97 Å². The van der Waals surface area contributed by atoms with Gasteiger partial charge in [-0.1, -0.05) is 32.1 Å². The first-order valence-electron chi connectivity index (χ1n) is 8.05. The number of nitrogens with two attached hydrogens (primary N) is 1. The number of ether oxygens (including phenoxy) is 1. The number of halogens is 1. The zero-order valence-electron chi connectivity index (χ0n) is 12.7. The number of nitrogen functional groups attached to an aromatic ring is 1. The molecule has 5 heteroatoms. The minimum absolute atomic E-state index is 0.333. The van der Waals surface area contributed by atoms with E-state index in [0.717, 1.165) is 28.8 Å². The van der Waals surface area contributed by atoms with E-state index in [0.29, 0.717) is 11.7 Å². The van der Waals surface area contributed by atoms with Crippen molar-refractivity contribution in [2.24, 2.45) is 0 Å². The minimum Gasteiger partial charge on any atom is -0.383 e. The summed E-state index contributed by atoms with van der Waals surface area (Å²) in [6.07, 6.45) is 10.6. The van der Waals surface area contributed by atoms with E-state index < -0.39 is 0 Å². The SMILES string of the molecule is COC1(c2nc(N)c(Br)c(C3CCCC3)n2)CCCCC1. The minimum atomic E-state index is -0.333. The second-order valence-electron chi connectivity index (χ2n) is 6.37. The number of hydrogen-bond donors (Lipinski definition) is 1. The Hall–Kier alpha value is -0.680. The normalized spacial score (nSPS) is 22.6. The van der Waals surface area contributed by atoms with E-state index in [4.69, 9.17) is 15.5 Å². The Bertz CT molecular complexity index is 508. The van der Waals surface area contributed by atoms with Crippen molar-refractivity contribution in [3.63, 3.8) is 0 Å². The summed E-state index contributed by atoms with van der Waals surface area (Å²) in [5.74, 6) is 1.87. The fourth-order valence-corrected chi connectivity index (χ4v) is 4.30. The predicted molar refractivity (Wildman–Crippen MR) is 87.1 cm³/mol. The molecule has 2 saturated carbocycles. The molecule has 3 rings (SSSR count). The highest BCUT2D eigenvalue weighted by atomic mass is 79.9. The highest BCUT2D eigenvalue weighted by molar-refractivity contribution is 9.10. The number of methoxy groups -OCH3 is 1. The fraction of sp³-hybridized carbons (Fsp3) is 0.750. The second-order valence-corrected chi connectivity index (χ2v) is 7.17. The van der Waals surface area contributed by atoms with Crippen molar-refractivity contribution in [3.8, 4) is 0 Å². The summed E-state index contributed by atoms with van der Waals surface area (Å²) in [4.78, 5) is 9.49. The third kappa shape index (κ3) is 2.82. The summed E-state index contributed by atoms with van der Waals surface area (Å²) in [6, 6.07) is 0. The van der Waals surface area contributed by atoms with Crippen molar-refractivity contribution in [2.75, 3.05) is 12.8 Å². The Morgan fingerprint density at radius 1 is 1.10 bits per heavy atom. The molecule has 0 amide bonds. The van der Waals surface area contributed by atoms with Gasteiger partial charge in [-0.2, -0.15) is 0 Å². The van der Waals surface area contributed by atoms with E-state index in [9.17, 15) is 0 Å². The van der Waals surface area contributed by atoms with Crippen LogP contribution < -0.4 is 5.73 Å². The van der Waals surface area contributed by atoms with Gasteiger partial charge in [-0.25, -0.2) is 9.97 Å². The summed E-state index contributed by atoms with van der Waals surface area (Å²) < 4.78 is 6.77. The zero-order chi connectivity index (χ0) is 14.9. The van der Waals surface area contributed by atoms with E-state index in [2.05, 4.69) is 20.9 Å². The molecule has 0 atom stereocenters. The molecular weight excluding hydrogens is 330 g/mol. The van der Waals surface area contributed by atoms with Crippen LogP contribution in [0, 0.1) is 0 Å². The molecule has 0 saturated heterocycles. The number of nitrogens with zero attached hydrogens (tertiary/aromatic N) is 2. The highest BCUT2D eigenvalue weighted by Gasteiger charge is 2.38. The van der Waals surface area contributed by atoms with Crippen LogP contribution in [-0.2, 0) is 10.3 Å². The smallest absolute Gasteiger partial charge is 0.162 e. The topological polar surface area (TPSA) is 61.0 Å². The lowest BCUT2D eigenvalue weighted by molar-refractivity contribution is -0.0516. The van der Waals surface area contributed by atoms with Crippen molar-refractivity contribution < 1.29 is 4.74 Å². The van der Waals surface area contributed by atoms with Gasteiger partial charge >= 0.3 is 0 Å². The van der Waals surface area contributed by atoms with Gasteiger partial charge in [0.2, 0.25) is 0 Å². The lowest BCUT2D eigenvalue weighted by Crippen LogP contribution is -2.34. The Labute approximate surface area is 135 Å². The van der Waals surface area contributed by atoms with Crippen molar-refractivity contribution in [2.45, 2.75) is 69.3 Å². The van der Waals surface area contributed by atoms with E-state index in [1.54, 1.807) is 7.11 Å². The average molecular weight is 354 g/mol. The summed E-state index contributed by atoms with van der Waals surface area (Å²) in [5, 5.41) is 0. The predicted octanol–water partition coefficient (Wildman–Crippen LogP) is 4.28. The largest absolute Gasteiger partial charge is 0.383 e. The quantitative estimate of drug-likeness (QED) is 0.880. The van der Waals surface area contributed by atoms with Crippen LogP contribution in [0.2, 0.25) is 0 Å².